The summed E-state index contributed by atoms with van der Waals surface area (Å²) in [6.07, 6.45) is 7.66. The fraction of sp³-hybridized carbons (Fsp3) is 0.150. The minimum Gasteiger partial charge on any atom is -0.508 e. The molecule has 4 nitrogen and oxygen atoms in total. The summed E-state index contributed by atoms with van der Waals surface area (Å²) < 4.78 is 5.28. The Kier molecular flexibility index (Phi) is 5.79. The van der Waals surface area contributed by atoms with Gasteiger partial charge in [-0.3, -0.25) is 4.79 Å². The Morgan fingerprint density at radius 1 is 1.25 bits per heavy atom. The van der Waals surface area contributed by atoms with Crippen molar-refractivity contribution in [1.29, 1.82) is 0 Å². The molecule has 0 amide bonds. The van der Waals surface area contributed by atoms with Gasteiger partial charge in [0.15, 0.2) is 5.78 Å². The van der Waals surface area contributed by atoms with Crippen molar-refractivity contribution in [2.75, 3.05) is 12.8 Å². The maximum absolute atomic E-state index is 12.2. The van der Waals surface area contributed by atoms with E-state index in [1.807, 2.05) is 25.1 Å². The SMILES string of the molecule is C/C=C/Cc1cc(/C=C/C(=O)c2ccc(N)cc2)c(OC)cc1O. The number of nitrogen functional groups attached to an aromatic ring is 1. The minimum atomic E-state index is -0.125. The fourth-order valence-electron chi connectivity index (χ4n) is 2.26. The Labute approximate surface area is 141 Å². The molecule has 0 atom stereocenters. The van der Waals surface area contributed by atoms with Crippen LogP contribution in [-0.2, 0) is 6.42 Å². The van der Waals surface area contributed by atoms with E-state index in [-0.39, 0.29) is 11.5 Å². The summed E-state index contributed by atoms with van der Waals surface area (Å²) in [6, 6.07) is 10.1. The zero-order chi connectivity index (χ0) is 17.5. The van der Waals surface area contributed by atoms with E-state index in [2.05, 4.69) is 0 Å². The van der Waals surface area contributed by atoms with Crippen LogP contribution in [0, 0.1) is 0 Å². The molecule has 0 spiro atoms. The van der Waals surface area contributed by atoms with Crippen LogP contribution in [0.15, 0.2) is 54.6 Å². The number of allylic oxidation sites excluding steroid dienone is 3. The number of anilines is 1. The van der Waals surface area contributed by atoms with Gasteiger partial charge in [0.2, 0.25) is 0 Å². The van der Waals surface area contributed by atoms with Crippen molar-refractivity contribution >= 4 is 17.5 Å². The molecule has 3 N–H and O–H groups in total. The zero-order valence-corrected chi connectivity index (χ0v) is 13.8. The van der Waals surface area contributed by atoms with E-state index in [0.29, 0.717) is 23.4 Å². The van der Waals surface area contributed by atoms with Gasteiger partial charge in [-0.2, -0.15) is 0 Å². The molecule has 24 heavy (non-hydrogen) atoms. The van der Waals surface area contributed by atoms with E-state index in [4.69, 9.17) is 10.5 Å². The number of rotatable bonds is 6. The summed E-state index contributed by atoms with van der Waals surface area (Å²) >= 11 is 0. The van der Waals surface area contributed by atoms with Crippen LogP contribution in [0.1, 0.15) is 28.4 Å². The smallest absolute Gasteiger partial charge is 0.185 e. The first-order valence-electron chi connectivity index (χ1n) is 7.64. The van der Waals surface area contributed by atoms with Gasteiger partial charge in [0.05, 0.1) is 7.11 Å². The van der Waals surface area contributed by atoms with Crippen molar-refractivity contribution < 1.29 is 14.6 Å². The number of carbonyl (C=O) groups is 1. The Bertz CT molecular complexity index is 774. The molecular formula is C20H21NO3. The summed E-state index contributed by atoms with van der Waals surface area (Å²) in [4.78, 5) is 12.2. The summed E-state index contributed by atoms with van der Waals surface area (Å²) in [5.74, 6) is 0.560. The van der Waals surface area contributed by atoms with Crippen molar-refractivity contribution in [2.24, 2.45) is 0 Å². The predicted octanol–water partition coefficient (Wildman–Crippen LogP) is 4.00. The van der Waals surface area contributed by atoms with Gasteiger partial charge < -0.3 is 15.6 Å². The first-order chi connectivity index (χ1) is 11.5. The maximum atomic E-state index is 12.2. The molecular weight excluding hydrogens is 302 g/mol. The van der Waals surface area contributed by atoms with Gasteiger partial charge in [0.1, 0.15) is 11.5 Å². The van der Waals surface area contributed by atoms with Gasteiger partial charge in [-0.25, -0.2) is 0 Å². The maximum Gasteiger partial charge on any atom is 0.185 e. The first-order valence-corrected chi connectivity index (χ1v) is 7.64. The third kappa shape index (κ3) is 4.26. The largest absolute Gasteiger partial charge is 0.508 e. The molecule has 0 aliphatic carbocycles. The van der Waals surface area contributed by atoms with Crippen molar-refractivity contribution in [3.8, 4) is 11.5 Å². The second-order valence-electron chi connectivity index (χ2n) is 5.32. The Morgan fingerprint density at radius 2 is 1.96 bits per heavy atom. The van der Waals surface area contributed by atoms with E-state index in [9.17, 15) is 9.90 Å². The third-order valence-corrected chi connectivity index (χ3v) is 3.61. The lowest BCUT2D eigenvalue weighted by atomic mass is 10.0. The highest BCUT2D eigenvalue weighted by Gasteiger charge is 2.08. The van der Waals surface area contributed by atoms with Gasteiger partial charge in [-0.15, -0.1) is 0 Å². The Hall–Kier alpha value is -3.01. The fourth-order valence-corrected chi connectivity index (χ4v) is 2.26. The molecule has 0 saturated carbocycles. The number of phenols is 1. The van der Waals surface area contributed by atoms with Gasteiger partial charge >= 0.3 is 0 Å². The summed E-state index contributed by atoms with van der Waals surface area (Å²) in [6.45, 7) is 1.92. The second kappa shape index (κ2) is 8.02. The lowest BCUT2D eigenvalue weighted by molar-refractivity contribution is 0.104. The lowest BCUT2D eigenvalue weighted by Crippen LogP contribution is -1.96. The van der Waals surface area contributed by atoms with E-state index < -0.39 is 0 Å². The van der Waals surface area contributed by atoms with Crippen LogP contribution >= 0.6 is 0 Å². The van der Waals surface area contributed by atoms with E-state index in [1.54, 1.807) is 36.4 Å². The van der Waals surface area contributed by atoms with Crippen LogP contribution in [0.25, 0.3) is 6.08 Å². The molecule has 0 saturated heterocycles. The number of aromatic hydroxyl groups is 1. The van der Waals surface area contributed by atoms with E-state index >= 15 is 0 Å². The number of benzene rings is 2. The molecule has 2 rings (SSSR count). The van der Waals surface area contributed by atoms with Crippen LogP contribution in [0.5, 0.6) is 11.5 Å². The highest BCUT2D eigenvalue weighted by atomic mass is 16.5. The minimum absolute atomic E-state index is 0.125. The topological polar surface area (TPSA) is 72.6 Å². The van der Waals surface area contributed by atoms with Crippen LogP contribution in [0.2, 0.25) is 0 Å². The summed E-state index contributed by atoms with van der Waals surface area (Å²) in [5.41, 5.74) is 8.31. The highest BCUT2D eigenvalue weighted by Crippen LogP contribution is 2.30. The molecule has 4 heteroatoms. The number of phenolic OH excluding ortho intramolecular Hbond substituents is 1. The molecule has 2 aromatic carbocycles. The average molecular weight is 323 g/mol. The highest BCUT2D eigenvalue weighted by molar-refractivity contribution is 6.07. The Balaban J connectivity index is 2.29. The second-order valence-corrected chi connectivity index (χ2v) is 5.32. The number of carbonyl (C=O) groups excluding carboxylic acids is 1. The van der Waals surface area contributed by atoms with Crippen molar-refractivity contribution in [1.82, 2.24) is 0 Å². The number of ether oxygens (including phenoxy) is 1. The van der Waals surface area contributed by atoms with E-state index in [1.165, 1.54) is 13.2 Å². The molecule has 0 heterocycles. The quantitative estimate of drug-likeness (QED) is 0.365. The van der Waals surface area contributed by atoms with Gasteiger partial charge in [-0.05, 0) is 61.4 Å². The monoisotopic (exact) mass is 323 g/mol. The van der Waals surface area contributed by atoms with Crippen LogP contribution < -0.4 is 10.5 Å². The first kappa shape index (κ1) is 17.3. The molecule has 2 aromatic rings. The number of hydrogen-bond donors (Lipinski definition) is 2. The number of nitrogens with two attached hydrogens (primary N) is 1. The third-order valence-electron chi connectivity index (χ3n) is 3.61. The van der Waals surface area contributed by atoms with Gasteiger partial charge in [0, 0.05) is 22.9 Å². The van der Waals surface area contributed by atoms with Crippen LogP contribution in [0.3, 0.4) is 0 Å². The predicted molar refractivity (Wildman–Crippen MR) is 97.4 cm³/mol. The standard InChI is InChI=1S/C20H21NO3/c1-3-4-5-15-12-16(20(24-2)13-19(15)23)8-11-18(22)14-6-9-17(21)10-7-14/h3-4,6-13,23H,5,21H2,1-2H3/b4-3+,11-8+. The molecule has 0 aliphatic rings. The van der Waals surface area contributed by atoms with Crippen molar-refractivity contribution in [3.05, 3.63) is 71.3 Å². The summed E-state index contributed by atoms with van der Waals surface area (Å²) in [7, 11) is 1.53. The molecule has 0 unspecified atom stereocenters. The number of methoxy groups -OCH3 is 1. The number of ketones is 1. The zero-order valence-electron chi connectivity index (χ0n) is 13.8. The summed E-state index contributed by atoms with van der Waals surface area (Å²) in [5, 5.41) is 10.0. The molecule has 0 radical (unpaired) electrons. The molecule has 0 aliphatic heterocycles. The Morgan fingerprint density at radius 3 is 2.58 bits per heavy atom. The lowest BCUT2D eigenvalue weighted by Gasteiger charge is -2.09. The molecule has 0 aromatic heterocycles. The normalized spacial score (nSPS) is 11.2. The van der Waals surface area contributed by atoms with E-state index in [0.717, 1.165) is 11.1 Å². The van der Waals surface area contributed by atoms with Gasteiger partial charge in [-0.1, -0.05) is 12.2 Å². The average Bonchev–Trinajstić information content (AvgIpc) is 2.59. The molecule has 0 fully saturated rings. The number of hydrogen-bond acceptors (Lipinski definition) is 4. The molecule has 0 bridgehead atoms. The van der Waals surface area contributed by atoms with Gasteiger partial charge in [0.25, 0.3) is 0 Å². The molecule has 124 valence electrons. The van der Waals surface area contributed by atoms with Crippen LogP contribution in [0.4, 0.5) is 5.69 Å². The van der Waals surface area contributed by atoms with Crippen LogP contribution in [-0.4, -0.2) is 18.0 Å². The van der Waals surface area contributed by atoms with Crippen molar-refractivity contribution in [3.63, 3.8) is 0 Å². The van der Waals surface area contributed by atoms with Crippen molar-refractivity contribution in [2.45, 2.75) is 13.3 Å².